The van der Waals surface area contributed by atoms with Crippen molar-refractivity contribution in [1.29, 1.82) is 0 Å². The number of aromatic nitrogens is 1. The topological polar surface area (TPSA) is 51.1 Å². The molecule has 3 rings (SSSR count). The van der Waals surface area contributed by atoms with Crippen LogP contribution in [0.2, 0.25) is 0 Å². The maximum atomic E-state index is 12.5. The Morgan fingerprint density at radius 3 is 2.35 bits per heavy atom. The normalized spacial score (nSPS) is 10.6. The van der Waals surface area contributed by atoms with E-state index < -0.39 is 0 Å². The van der Waals surface area contributed by atoms with Crippen molar-refractivity contribution in [1.82, 2.24) is 4.57 Å². The van der Waals surface area contributed by atoms with Gasteiger partial charge in [-0.05, 0) is 50.1 Å². The van der Waals surface area contributed by atoms with E-state index in [-0.39, 0.29) is 11.5 Å². The number of amides is 1. The smallest absolute Gasteiger partial charge is 0.257 e. The Labute approximate surface area is 153 Å². The molecule has 0 atom stereocenters. The third kappa shape index (κ3) is 4.09. The van der Waals surface area contributed by atoms with Crippen LogP contribution in [0.3, 0.4) is 0 Å². The van der Waals surface area contributed by atoms with E-state index in [2.05, 4.69) is 11.4 Å². The molecule has 1 heterocycles. The molecule has 1 N–H and O–H groups in total. The van der Waals surface area contributed by atoms with E-state index in [9.17, 15) is 9.59 Å². The van der Waals surface area contributed by atoms with Crippen LogP contribution >= 0.6 is 0 Å². The van der Waals surface area contributed by atoms with Crippen LogP contribution in [0.25, 0.3) is 0 Å². The Morgan fingerprint density at radius 2 is 1.62 bits per heavy atom. The average molecular weight is 346 g/mol. The number of nitrogens with zero attached hydrogens (tertiary/aromatic N) is 1. The summed E-state index contributed by atoms with van der Waals surface area (Å²) in [5.41, 5.74) is 5.53. The van der Waals surface area contributed by atoms with Crippen LogP contribution in [0.5, 0.6) is 0 Å². The molecule has 1 aromatic heterocycles. The summed E-state index contributed by atoms with van der Waals surface area (Å²) in [4.78, 5) is 24.7. The summed E-state index contributed by atoms with van der Waals surface area (Å²) in [5.74, 6) is -0.233. The summed E-state index contributed by atoms with van der Waals surface area (Å²) in [6.07, 6.45) is 1.62. The first kappa shape index (κ1) is 17.7. The highest BCUT2D eigenvalue weighted by molar-refractivity contribution is 6.04. The largest absolute Gasteiger partial charge is 0.322 e. The highest BCUT2D eigenvalue weighted by Gasteiger charge is 2.09. The van der Waals surface area contributed by atoms with E-state index in [1.165, 1.54) is 6.07 Å². The predicted molar refractivity (Wildman–Crippen MR) is 105 cm³/mol. The van der Waals surface area contributed by atoms with Gasteiger partial charge in [-0.25, -0.2) is 0 Å². The van der Waals surface area contributed by atoms with Crippen molar-refractivity contribution in [2.45, 2.75) is 27.3 Å². The average Bonchev–Trinajstić information content (AvgIpc) is 2.62. The predicted octanol–water partition coefficient (Wildman–Crippen LogP) is 4.07. The standard InChI is InChI=1S/C22H22N2O2/c1-15-5-9-20(10-6-15)23-22(26)18-8-11-21(25)24(13-18)14-19-12-16(2)4-7-17(19)3/h4-13H,14H2,1-3H3,(H,23,26). The van der Waals surface area contributed by atoms with Crippen LogP contribution in [0, 0.1) is 20.8 Å². The lowest BCUT2D eigenvalue weighted by atomic mass is 10.1. The quantitative estimate of drug-likeness (QED) is 0.774. The number of aryl methyl sites for hydroxylation is 3. The van der Waals surface area contributed by atoms with Crippen molar-refractivity contribution in [2.24, 2.45) is 0 Å². The van der Waals surface area contributed by atoms with Crippen LogP contribution in [0.4, 0.5) is 5.69 Å². The van der Waals surface area contributed by atoms with Crippen molar-refractivity contribution in [2.75, 3.05) is 5.32 Å². The molecule has 1 amide bonds. The Balaban J connectivity index is 1.85. The highest BCUT2D eigenvalue weighted by Crippen LogP contribution is 2.13. The van der Waals surface area contributed by atoms with Crippen molar-refractivity contribution in [3.63, 3.8) is 0 Å². The molecule has 0 saturated heterocycles. The van der Waals surface area contributed by atoms with Gasteiger partial charge in [0.1, 0.15) is 0 Å². The SMILES string of the molecule is Cc1ccc(NC(=O)c2ccc(=O)n(Cc3cc(C)ccc3C)c2)cc1. The molecule has 0 fully saturated rings. The Bertz CT molecular complexity index is 1000. The number of pyridine rings is 1. The van der Waals surface area contributed by atoms with Gasteiger partial charge in [-0.2, -0.15) is 0 Å². The zero-order valence-corrected chi connectivity index (χ0v) is 15.2. The lowest BCUT2D eigenvalue weighted by molar-refractivity contribution is 0.102. The third-order valence-electron chi connectivity index (χ3n) is 4.40. The Kier molecular flexibility index (Phi) is 5.03. The molecule has 0 radical (unpaired) electrons. The number of carbonyl (C=O) groups is 1. The van der Waals surface area contributed by atoms with E-state index in [1.807, 2.05) is 57.2 Å². The molecule has 4 heteroatoms. The first-order valence-corrected chi connectivity index (χ1v) is 8.57. The van der Waals surface area contributed by atoms with Crippen LogP contribution < -0.4 is 10.9 Å². The number of nitrogens with one attached hydrogen (secondary N) is 1. The number of rotatable bonds is 4. The van der Waals surface area contributed by atoms with Crippen LogP contribution in [0.15, 0.2) is 65.6 Å². The lowest BCUT2D eigenvalue weighted by Crippen LogP contribution is -2.23. The fourth-order valence-corrected chi connectivity index (χ4v) is 2.78. The molecule has 0 unspecified atom stereocenters. The minimum Gasteiger partial charge on any atom is -0.322 e. The van der Waals surface area contributed by atoms with Crippen molar-refractivity contribution in [3.05, 3.63) is 99.0 Å². The van der Waals surface area contributed by atoms with Crippen LogP contribution in [0.1, 0.15) is 32.6 Å². The second kappa shape index (κ2) is 7.40. The fourth-order valence-electron chi connectivity index (χ4n) is 2.78. The van der Waals surface area contributed by atoms with Crippen molar-refractivity contribution in [3.8, 4) is 0 Å². The zero-order valence-electron chi connectivity index (χ0n) is 15.2. The summed E-state index contributed by atoms with van der Waals surface area (Å²) in [7, 11) is 0. The minimum atomic E-state index is -0.233. The molecule has 0 spiro atoms. The molecule has 26 heavy (non-hydrogen) atoms. The van der Waals surface area contributed by atoms with Gasteiger partial charge >= 0.3 is 0 Å². The number of anilines is 1. The van der Waals surface area contributed by atoms with Gasteiger partial charge in [0.15, 0.2) is 0 Å². The number of hydrogen-bond acceptors (Lipinski definition) is 2. The van der Waals surface area contributed by atoms with Gasteiger partial charge in [-0.3, -0.25) is 9.59 Å². The molecule has 0 saturated carbocycles. The summed E-state index contributed by atoms with van der Waals surface area (Å²) in [6.45, 7) is 6.48. The molecule has 2 aromatic carbocycles. The Morgan fingerprint density at radius 1 is 0.923 bits per heavy atom. The second-order valence-corrected chi connectivity index (χ2v) is 6.63. The minimum absolute atomic E-state index is 0.127. The van der Waals surface area contributed by atoms with Crippen molar-refractivity contribution < 1.29 is 4.79 Å². The third-order valence-corrected chi connectivity index (χ3v) is 4.40. The molecule has 4 nitrogen and oxygen atoms in total. The van der Waals surface area contributed by atoms with Crippen LogP contribution in [-0.4, -0.2) is 10.5 Å². The molecular weight excluding hydrogens is 324 g/mol. The van der Waals surface area contributed by atoms with Gasteiger partial charge in [-0.1, -0.05) is 41.5 Å². The van der Waals surface area contributed by atoms with E-state index in [1.54, 1.807) is 16.8 Å². The van der Waals surface area contributed by atoms with E-state index >= 15 is 0 Å². The number of hydrogen-bond donors (Lipinski definition) is 1. The molecule has 132 valence electrons. The number of benzene rings is 2. The van der Waals surface area contributed by atoms with Crippen molar-refractivity contribution >= 4 is 11.6 Å². The van der Waals surface area contributed by atoms with E-state index in [4.69, 9.17) is 0 Å². The van der Waals surface area contributed by atoms with Gasteiger partial charge in [0.05, 0.1) is 12.1 Å². The van der Waals surface area contributed by atoms with Gasteiger partial charge in [-0.15, -0.1) is 0 Å². The monoisotopic (exact) mass is 346 g/mol. The van der Waals surface area contributed by atoms with E-state index in [0.29, 0.717) is 12.1 Å². The maximum Gasteiger partial charge on any atom is 0.257 e. The molecule has 0 aliphatic carbocycles. The molecule has 0 bridgehead atoms. The fraction of sp³-hybridized carbons (Fsp3) is 0.182. The molecule has 3 aromatic rings. The first-order chi connectivity index (χ1) is 12.4. The lowest BCUT2D eigenvalue weighted by Gasteiger charge is -2.11. The second-order valence-electron chi connectivity index (χ2n) is 6.63. The zero-order chi connectivity index (χ0) is 18.7. The van der Waals surface area contributed by atoms with Crippen LogP contribution in [-0.2, 0) is 6.54 Å². The van der Waals surface area contributed by atoms with Gasteiger partial charge in [0.25, 0.3) is 11.5 Å². The molecule has 0 aliphatic rings. The number of carbonyl (C=O) groups excluding carboxylic acids is 1. The first-order valence-electron chi connectivity index (χ1n) is 8.57. The summed E-state index contributed by atoms with van der Waals surface area (Å²) < 4.78 is 1.58. The highest BCUT2D eigenvalue weighted by atomic mass is 16.2. The summed E-state index contributed by atoms with van der Waals surface area (Å²) in [5, 5.41) is 2.86. The van der Waals surface area contributed by atoms with Gasteiger partial charge < -0.3 is 9.88 Å². The van der Waals surface area contributed by atoms with Gasteiger partial charge in [0, 0.05) is 18.0 Å². The maximum absolute atomic E-state index is 12.5. The van der Waals surface area contributed by atoms with E-state index in [0.717, 1.165) is 27.9 Å². The Hall–Kier alpha value is -3.14. The summed E-state index contributed by atoms with van der Waals surface area (Å²) >= 11 is 0. The van der Waals surface area contributed by atoms with Gasteiger partial charge in [0.2, 0.25) is 0 Å². The molecular formula is C22H22N2O2. The summed E-state index contributed by atoms with van der Waals surface area (Å²) in [6, 6.07) is 16.8. The molecule has 0 aliphatic heterocycles.